The van der Waals surface area contributed by atoms with Crippen molar-refractivity contribution in [1.82, 2.24) is 0 Å². The highest BCUT2D eigenvalue weighted by molar-refractivity contribution is 6.74. The molecule has 0 bridgehead atoms. The molecule has 0 saturated heterocycles. The highest BCUT2D eigenvalue weighted by Gasteiger charge is 2.39. The standard InChI is InChI=1S/C20H32O3Si/c1-15-13-17(23-24(6,7)19(2,3)4)14-16-9-11-20(5,10-8-12-21)22-18(15)16/h9,11,13-14,21H,8,10,12H2,1-7H3. The molecule has 0 fully saturated rings. The second-order valence-electron chi connectivity index (χ2n) is 8.60. The number of rotatable bonds is 5. The zero-order chi connectivity index (χ0) is 18.2. The van der Waals surface area contributed by atoms with Crippen LogP contribution in [0, 0.1) is 6.92 Å². The van der Waals surface area contributed by atoms with E-state index < -0.39 is 8.32 Å². The lowest BCUT2D eigenvalue weighted by Gasteiger charge is -2.37. The minimum Gasteiger partial charge on any atom is -0.543 e. The number of aliphatic hydroxyl groups is 1. The molecular formula is C20H32O3Si. The number of aryl methyl sites for hydroxylation is 1. The van der Waals surface area contributed by atoms with Crippen LogP contribution in [0.4, 0.5) is 0 Å². The van der Waals surface area contributed by atoms with Crippen LogP contribution >= 0.6 is 0 Å². The van der Waals surface area contributed by atoms with Crippen LogP contribution in [0.1, 0.15) is 51.7 Å². The Balaban J connectivity index is 2.28. The molecule has 1 aromatic rings. The molecule has 1 aliphatic heterocycles. The Morgan fingerprint density at radius 2 is 1.92 bits per heavy atom. The van der Waals surface area contributed by atoms with Gasteiger partial charge < -0.3 is 14.3 Å². The first-order chi connectivity index (χ1) is 11.0. The van der Waals surface area contributed by atoms with Gasteiger partial charge in [0.1, 0.15) is 17.1 Å². The van der Waals surface area contributed by atoms with Gasteiger partial charge in [-0.3, -0.25) is 0 Å². The third-order valence-corrected chi connectivity index (χ3v) is 9.60. The fourth-order valence-corrected chi connectivity index (χ4v) is 3.65. The van der Waals surface area contributed by atoms with E-state index in [1.807, 2.05) is 0 Å². The minimum absolute atomic E-state index is 0.173. The van der Waals surface area contributed by atoms with Crippen LogP contribution in [0.3, 0.4) is 0 Å². The molecule has 0 aliphatic carbocycles. The van der Waals surface area contributed by atoms with Gasteiger partial charge in [0.25, 0.3) is 0 Å². The van der Waals surface area contributed by atoms with E-state index in [4.69, 9.17) is 14.3 Å². The molecule has 134 valence electrons. The molecule has 1 N–H and O–H groups in total. The number of aliphatic hydroxyl groups excluding tert-OH is 1. The van der Waals surface area contributed by atoms with Crippen LogP contribution < -0.4 is 9.16 Å². The Labute approximate surface area is 147 Å². The van der Waals surface area contributed by atoms with Crippen LogP contribution in [0.2, 0.25) is 18.1 Å². The molecule has 1 atom stereocenters. The summed E-state index contributed by atoms with van der Waals surface area (Å²) in [6.45, 7) is 15.6. The van der Waals surface area contributed by atoms with E-state index in [1.54, 1.807) is 0 Å². The summed E-state index contributed by atoms with van der Waals surface area (Å²) < 4.78 is 12.7. The number of ether oxygens (including phenoxy) is 1. The van der Waals surface area contributed by atoms with Crippen molar-refractivity contribution in [3.63, 3.8) is 0 Å². The highest BCUT2D eigenvalue weighted by atomic mass is 28.4. The molecule has 4 heteroatoms. The molecule has 0 aromatic heterocycles. The number of hydrogen-bond acceptors (Lipinski definition) is 3. The van der Waals surface area contributed by atoms with Crippen molar-refractivity contribution in [3.05, 3.63) is 29.3 Å². The Kier molecular flexibility index (Phi) is 5.21. The van der Waals surface area contributed by atoms with E-state index in [-0.39, 0.29) is 17.2 Å². The van der Waals surface area contributed by atoms with Gasteiger partial charge in [0, 0.05) is 12.2 Å². The normalized spacial score (nSPS) is 20.5. The molecule has 1 heterocycles. The second kappa shape index (κ2) is 6.56. The van der Waals surface area contributed by atoms with Crippen molar-refractivity contribution in [2.45, 2.75) is 71.2 Å². The third-order valence-electron chi connectivity index (χ3n) is 5.24. The molecule has 2 rings (SSSR count). The zero-order valence-corrected chi connectivity index (χ0v) is 17.2. The maximum absolute atomic E-state index is 9.08. The van der Waals surface area contributed by atoms with Gasteiger partial charge in [-0.05, 0) is 68.6 Å². The van der Waals surface area contributed by atoms with Gasteiger partial charge in [0.15, 0.2) is 0 Å². The predicted octanol–water partition coefficient (Wildman–Crippen LogP) is 5.32. The Morgan fingerprint density at radius 1 is 1.25 bits per heavy atom. The fourth-order valence-electron chi connectivity index (χ4n) is 2.63. The number of fused-ring (bicyclic) bond motifs is 1. The second-order valence-corrected chi connectivity index (χ2v) is 13.3. The van der Waals surface area contributed by atoms with Gasteiger partial charge in [0.2, 0.25) is 8.32 Å². The van der Waals surface area contributed by atoms with Crippen molar-refractivity contribution >= 4 is 14.4 Å². The van der Waals surface area contributed by atoms with Crippen molar-refractivity contribution in [2.24, 2.45) is 0 Å². The summed E-state index contributed by atoms with van der Waals surface area (Å²) in [5.74, 6) is 1.87. The van der Waals surface area contributed by atoms with E-state index >= 15 is 0 Å². The highest BCUT2D eigenvalue weighted by Crippen LogP contribution is 2.41. The van der Waals surface area contributed by atoms with Gasteiger partial charge in [-0.15, -0.1) is 0 Å². The molecule has 1 aromatic carbocycles. The summed E-state index contributed by atoms with van der Waals surface area (Å²) >= 11 is 0. The number of hydrogen-bond donors (Lipinski definition) is 1. The number of benzene rings is 1. The summed E-state index contributed by atoms with van der Waals surface area (Å²) in [4.78, 5) is 0. The SMILES string of the molecule is Cc1cc(O[Si](C)(C)C(C)(C)C)cc2c1OC(C)(CCCO)C=C2. The molecule has 0 amide bonds. The molecular weight excluding hydrogens is 316 g/mol. The topological polar surface area (TPSA) is 38.7 Å². The van der Waals surface area contributed by atoms with Crippen molar-refractivity contribution in [1.29, 1.82) is 0 Å². The summed E-state index contributed by atoms with van der Waals surface area (Å²) in [5.41, 5.74) is 1.83. The van der Waals surface area contributed by atoms with Gasteiger partial charge in [-0.1, -0.05) is 26.8 Å². The first-order valence-electron chi connectivity index (χ1n) is 8.80. The smallest absolute Gasteiger partial charge is 0.250 e. The Bertz CT molecular complexity index is 629. The summed E-state index contributed by atoms with van der Waals surface area (Å²) in [6.07, 6.45) is 5.77. The monoisotopic (exact) mass is 348 g/mol. The van der Waals surface area contributed by atoms with Crippen LogP contribution in [0.5, 0.6) is 11.5 Å². The first kappa shape index (κ1) is 19.1. The van der Waals surface area contributed by atoms with E-state index in [0.717, 1.165) is 35.5 Å². The van der Waals surface area contributed by atoms with E-state index in [1.165, 1.54) is 0 Å². The van der Waals surface area contributed by atoms with E-state index in [0.29, 0.717) is 0 Å². The van der Waals surface area contributed by atoms with Crippen LogP contribution in [-0.4, -0.2) is 25.6 Å². The first-order valence-corrected chi connectivity index (χ1v) is 11.7. The van der Waals surface area contributed by atoms with Gasteiger partial charge in [-0.2, -0.15) is 0 Å². The lowest BCUT2D eigenvalue weighted by Crippen LogP contribution is -2.43. The van der Waals surface area contributed by atoms with E-state index in [2.05, 4.69) is 72.0 Å². The lowest BCUT2D eigenvalue weighted by atomic mass is 9.94. The summed E-state index contributed by atoms with van der Waals surface area (Å²) in [6, 6.07) is 4.18. The lowest BCUT2D eigenvalue weighted by molar-refractivity contribution is 0.115. The largest absolute Gasteiger partial charge is 0.543 e. The van der Waals surface area contributed by atoms with Crippen molar-refractivity contribution in [3.8, 4) is 11.5 Å². The van der Waals surface area contributed by atoms with Gasteiger partial charge in [-0.25, -0.2) is 0 Å². The average Bonchev–Trinajstić information content (AvgIpc) is 2.45. The molecule has 0 spiro atoms. The maximum atomic E-state index is 9.08. The third kappa shape index (κ3) is 4.04. The van der Waals surface area contributed by atoms with Crippen molar-refractivity contribution < 1.29 is 14.3 Å². The zero-order valence-electron chi connectivity index (χ0n) is 16.2. The molecule has 0 radical (unpaired) electrons. The summed E-state index contributed by atoms with van der Waals surface area (Å²) in [7, 11) is -1.85. The predicted molar refractivity (Wildman–Crippen MR) is 103 cm³/mol. The molecule has 1 unspecified atom stereocenters. The van der Waals surface area contributed by atoms with E-state index in [9.17, 15) is 0 Å². The van der Waals surface area contributed by atoms with Crippen LogP contribution in [0.15, 0.2) is 18.2 Å². The van der Waals surface area contributed by atoms with Crippen LogP contribution in [-0.2, 0) is 0 Å². The average molecular weight is 349 g/mol. The molecule has 3 nitrogen and oxygen atoms in total. The summed E-state index contributed by atoms with van der Waals surface area (Å²) in [5, 5.41) is 9.25. The van der Waals surface area contributed by atoms with Gasteiger partial charge >= 0.3 is 0 Å². The quantitative estimate of drug-likeness (QED) is 0.732. The Morgan fingerprint density at radius 3 is 2.50 bits per heavy atom. The molecule has 1 aliphatic rings. The molecule has 24 heavy (non-hydrogen) atoms. The minimum atomic E-state index is -1.85. The molecule has 0 saturated carbocycles. The Hall–Kier alpha value is -1.26. The fraction of sp³-hybridized carbons (Fsp3) is 0.600. The van der Waals surface area contributed by atoms with Crippen LogP contribution in [0.25, 0.3) is 6.08 Å². The maximum Gasteiger partial charge on any atom is 0.250 e. The van der Waals surface area contributed by atoms with Gasteiger partial charge in [0.05, 0.1) is 0 Å². The van der Waals surface area contributed by atoms with Crippen molar-refractivity contribution in [2.75, 3.05) is 6.61 Å².